The Labute approximate surface area is 145 Å². The molecule has 0 unspecified atom stereocenters. The number of fused-ring (bicyclic) bond motifs is 1. The Bertz CT molecular complexity index is 905. The molecule has 1 aliphatic rings. The van der Waals surface area contributed by atoms with E-state index < -0.39 is 0 Å². The second-order valence-electron chi connectivity index (χ2n) is 6.36. The molecule has 130 valence electrons. The molecule has 4 rings (SSSR count). The molecule has 0 saturated carbocycles. The molecular weight excluding hydrogens is 318 g/mol. The van der Waals surface area contributed by atoms with Gasteiger partial charge in [-0.3, -0.25) is 14.4 Å². The maximum Gasteiger partial charge on any atom is 0.258 e. The Morgan fingerprint density at radius 2 is 2.24 bits per heavy atom. The molecular formula is C18H21N5O2. The summed E-state index contributed by atoms with van der Waals surface area (Å²) in [6.07, 6.45) is 3.78. The van der Waals surface area contributed by atoms with E-state index in [2.05, 4.69) is 26.9 Å². The Morgan fingerprint density at radius 3 is 3.08 bits per heavy atom. The van der Waals surface area contributed by atoms with E-state index in [9.17, 15) is 4.79 Å². The first kappa shape index (κ1) is 16.0. The summed E-state index contributed by atoms with van der Waals surface area (Å²) in [5.74, 6) is 0.698. The molecule has 1 aliphatic heterocycles. The number of ether oxygens (including phenoxy) is 1. The van der Waals surface area contributed by atoms with Gasteiger partial charge >= 0.3 is 0 Å². The van der Waals surface area contributed by atoms with Crippen molar-refractivity contribution >= 4 is 10.9 Å². The monoisotopic (exact) mass is 339 g/mol. The Morgan fingerprint density at radius 1 is 1.36 bits per heavy atom. The van der Waals surface area contributed by atoms with Crippen LogP contribution in [0, 0.1) is 0 Å². The first-order valence-electron chi connectivity index (χ1n) is 8.53. The first-order valence-corrected chi connectivity index (χ1v) is 8.53. The summed E-state index contributed by atoms with van der Waals surface area (Å²) in [5.41, 5.74) is 0.642. The van der Waals surface area contributed by atoms with Gasteiger partial charge in [0.1, 0.15) is 5.82 Å². The van der Waals surface area contributed by atoms with Crippen LogP contribution < -0.4 is 5.56 Å². The van der Waals surface area contributed by atoms with E-state index in [1.54, 1.807) is 12.3 Å². The molecule has 0 amide bonds. The molecule has 1 N–H and O–H groups in total. The number of hydrogen-bond donors (Lipinski definition) is 1. The number of aromatic amines is 1. The number of morpholine rings is 1. The molecule has 2 atom stereocenters. The third-order valence-corrected chi connectivity index (χ3v) is 4.69. The number of H-pyrrole nitrogens is 1. The zero-order valence-corrected chi connectivity index (χ0v) is 14.1. The van der Waals surface area contributed by atoms with Gasteiger partial charge < -0.3 is 9.72 Å². The Balaban J connectivity index is 1.53. The van der Waals surface area contributed by atoms with Crippen molar-refractivity contribution in [2.75, 3.05) is 19.7 Å². The standard InChI is InChI=1S/C18H21N5O2/c1-13(17-20-16-6-3-2-5-15(16)18(24)21-17)22-9-10-25-14(11-22)12-23-8-4-7-19-23/h2-8,13-14H,9-12H2,1H3,(H,20,21,24)/t13-,14+/m0/s1. The lowest BCUT2D eigenvalue weighted by atomic mass is 10.2. The third-order valence-electron chi connectivity index (χ3n) is 4.69. The fraction of sp³-hybridized carbons (Fsp3) is 0.389. The van der Waals surface area contributed by atoms with E-state index in [1.807, 2.05) is 35.1 Å². The molecule has 0 aliphatic carbocycles. The zero-order chi connectivity index (χ0) is 17.2. The lowest BCUT2D eigenvalue weighted by molar-refractivity contribution is -0.0506. The summed E-state index contributed by atoms with van der Waals surface area (Å²) >= 11 is 0. The molecule has 1 saturated heterocycles. The average Bonchev–Trinajstić information content (AvgIpc) is 3.14. The second-order valence-corrected chi connectivity index (χ2v) is 6.36. The van der Waals surface area contributed by atoms with Gasteiger partial charge in [-0.2, -0.15) is 5.10 Å². The van der Waals surface area contributed by atoms with Gasteiger partial charge in [-0.25, -0.2) is 4.98 Å². The number of para-hydroxylation sites is 1. The van der Waals surface area contributed by atoms with Gasteiger partial charge in [0.05, 0.1) is 36.2 Å². The van der Waals surface area contributed by atoms with E-state index in [-0.39, 0.29) is 17.7 Å². The van der Waals surface area contributed by atoms with Gasteiger partial charge in [-0.1, -0.05) is 12.1 Å². The summed E-state index contributed by atoms with van der Waals surface area (Å²) in [6.45, 7) is 5.04. The molecule has 7 nitrogen and oxygen atoms in total. The SMILES string of the molecule is C[C@@H](c1nc2ccccc2c(=O)[nH]1)N1CCO[C@@H](Cn2cccn2)C1. The number of aromatic nitrogens is 4. The molecule has 7 heteroatoms. The van der Waals surface area contributed by atoms with E-state index >= 15 is 0 Å². The minimum Gasteiger partial charge on any atom is -0.374 e. The van der Waals surface area contributed by atoms with Crippen LogP contribution in [0.3, 0.4) is 0 Å². The van der Waals surface area contributed by atoms with Crippen LogP contribution >= 0.6 is 0 Å². The zero-order valence-electron chi connectivity index (χ0n) is 14.1. The highest BCUT2D eigenvalue weighted by Gasteiger charge is 2.26. The summed E-state index contributed by atoms with van der Waals surface area (Å²) in [5, 5.41) is 4.86. The quantitative estimate of drug-likeness (QED) is 0.781. The van der Waals surface area contributed by atoms with Crippen LogP contribution in [0.25, 0.3) is 10.9 Å². The van der Waals surface area contributed by atoms with Crippen LogP contribution in [0.15, 0.2) is 47.5 Å². The molecule has 1 aromatic carbocycles. The first-order chi connectivity index (χ1) is 12.2. The van der Waals surface area contributed by atoms with Crippen molar-refractivity contribution in [3.63, 3.8) is 0 Å². The number of benzene rings is 1. The van der Waals surface area contributed by atoms with Gasteiger partial charge in [0, 0.05) is 25.5 Å². The van der Waals surface area contributed by atoms with E-state index in [1.165, 1.54) is 0 Å². The van der Waals surface area contributed by atoms with E-state index in [0.717, 1.165) is 25.2 Å². The van der Waals surface area contributed by atoms with E-state index in [4.69, 9.17) is 4.74 Å². The lowest BCUT2D eigenvalue weighted by Crippen LogP contribution is -2.45. The van der Waals surface area contributed by atoms with Gasteiger partial charge in [0.15, 0.2) is 0 Å². The van der Waals surface area contributed by atoms with E-state index in [0.29, 0.717) is 17.8 Å². The van der Waals surface area contributed by atoms with Crippen molar-refractivity contribution in [3.8, 4) is 0 Å². The molecule has 25 heavy (non-hydrogen) atoms. The van der Waals surface area contributed by atoms with Crippen LogP contribution in [0.5, 0.6) is 0 Å². The van der Waals surface area contributed by atoms with Gasteiger partial charge in [0.25, 0.3) is 5.56 Å². The average molecular weight is 339 g/mol. The maximum atomic E-state index is 12.3. The molecule has 3 aromatic rings. The number of nitrogens with zero attached hydrogens (tertiary/aromatic N) is 4. The van der Waals surface area contributed by atoms with Crippen LogP contribution in [0.1, 0.15) is 18.8 Å². The van der Waals surface area contributed by atoms with Gasteiger partial charge in [-0.15, -0.1) is 0 Å². The highest BCUT2D eigenvalue weighted by Crippen LogP contribution is 2.21. The molecule has 1 fully saturated rings. The van der Waals surface area contributed by atoms with Crippen LogP contribution in [0.2, 0.25) is 0 Å². The predicted molar refractivity (Wildman–Crippen MR) is 94.3 cm³/mol. The minimum atomic E-state index is -0.0891. The van der Waals surface area contributed by atoms with Crippen LogP contribution in [0.4, 0.5) is 0 Å². The summed E-state index contributed by atoms with van der Waals surface area (Å²) in [6, 6.07) is 9.35. The maximum absolute atomic E-state index is 12.3. The van der Waals surface area contributed by atoms with Crippen molar-refractivity contribution in [3.05, 3.63) is 58.9 Å². The largest absolute Gasteiger partial charge is 0.374 e. The summed E-state index contributed by atoms with van der Waals surface area (Å²) < 4.78 is 7.75. The highest BCUT2D eigenvalue weighted by molar-refractivity contribution is 5.77. The molecule has 3 heterocycles. The molecule has 0 bridgehead atoms. The predicted octanol–water partition coefficient (Wildman–Crippen LogP) is 1.58. The Hall–Kier alpha value is -2.51. The van der Waals surface area contributed by atoms with Crippen molar-refractivity contribution < 1.29 is 4.74 Å². The van der Waals surface area contributed by atoms with Crippen LogP contribution in [-0.2, 0) is 11.3 Å². The Kier molecular flexibility index (Phi) is 4.33. The van der Waals surface area contributed by atoms with Gasteiger partial charge in [0.2, 0.25) is 0 Å². The van der Waals surface area contributed by atoms with Crippen molar-refractivity contribution in [2.45, 2.75) is 25.6 Å². The number of hydrogen-bond acceptors (Lipinski definition) is 5. The lowest BCUT2D eigenvalue weighted by Gasteiger charge is -2.36. The molecule has 0 radical (unpaired) electrons. The smallest absolute Gasteiger partial charge is 0.258 e. The minimum absolute atomic E-state index is 0.0151. The van der Waals surface area contributed by atoms with Gasteiger partial charge in [-0.05, 0) is 25.1 Å². The normalized spacial score (nSPS) is 20.0. The molecule has 0 spiro atoms. The fourth-order valence-corrected chi connectivity index (χ4v) is 3.30. The topological polar surface area (TPSA) is 76.0 Å². The van der Waals surface area contributed by atoms with Crippen molar-refractivity contribution in [1.82, 2.24) is 24.6 Å². The third kappa shape index (κ3) is 3.33. The summed E-state index contributed by atoms with van der Waals surface area (Å²) in [4.78, 5) is 22.2. The van der Waals surface area contributed by atoms with Crippen LogP contribution in [-0.4, -0.2) is 50.4 Å². The highest BCUT2D eigenvalue weighted by atomic mass is 16.5. The van der Waals surface area contributed by atoms with Crippen molar-refractivity contribution in [2.24, 2.45) is 0 Å². The second kappa shape index (κ2) is 6.78. The number of rotatable bonds is 4. The fourth-order valence-electron chi connectivity index (χ4n) is 3.30. The van der Waals surface area contributed by atoms with Crippen molar-refractivity contribution in [1.29, 1.82) is 0 Å². The number of nitrogens with one attached hydrogen (secondary N) is 1. The molecule has 2 aromatic heterocycles. The summed E-state index contributed by atoms with van der Waals surface area (Å²) in [7, 11) is 0.